The van der Waals surface area contributed by atoms with Crippen molar-refractivity contribution in [2.45, 2.75) is 65.9 Å². The van der Waals surface area contributed by atoms with Crippen LogP contribution in [0.4, 0.5) is 0 Å². The smallest absolute Gasteiger partial charge is 0.0552 e. The van der Waals surface area contributed by atoms with Gasteiger partial charge in [0.1, 0.15) is 0 Å². The number of benzene rings is 1. The van der Waals surface area contributed by atoms with Gasteiger partial charge < -0.3 is 5.11 Å². The van der Waals surface area contributed by atoms with E-state index in [-0.39, 0.29) is 11.5 Å². The van der Waals surface area contributed by atoms with Crippen LogP contribution in [0.5, 0.6) is 0 Å². The average Bonchev–Trinajstić information content (AvgIpc) is 2.13. The van der Waals surface area contributed by atoms with E-state index in [0.717, 1.165) is 12.8 Å². The molecule has 0 heterocycles. The van der Waals surface area contributed by atoms with Crippen LogP contribution in [0.1, 0.15) is 59.1 Å². The molecule has 1 rings (SSSR count). The number of rotatable bonds is 4. The molecule has 1 atom stereocenters. The lowest BCUT2D eigenvalue weighted by Crippen LogP contribution is -2.24. The van der Waals surface area contributed by atoms with Crippen LogP contribution < -0.4 is 0 Å². The Kier molecular flexibility index (Phi) is 4.61. The molecule has 1 N–H and O–H groups in total. The second-order valence-electron chi connectivity index (χ2n) is 7.37. The van der Waals surface area contributed by atoms with Crippen LogP contribution in [0.2, 0.25) is 0 Å². The highest BCUT2D eigenvalue weighted by Crippen LogP contribution is 2.36. The van der Waals surface area contributed by atoms with Crippen LogP contribution in [0.15, 0.2) is 24.3 Å². The van der Waals surface area contributed by atoms with Crippen LogP contribution in [0, 0.1) is 5.41 Å². The Morgan fingerprint density at radius 3 is 1.89 bits per heavy atom. The summed E-state index contributed by atoms with van der Waals surface area (Å²) in [5.41, 5.74) is 3.12. The third-order valence-corrected chi connectivity index (χ3v) is 3.24. The molecule has 1 unspecified atom stereocenters. The lowest BCUT2D eigenvalue weighted by Gasteiger charge is -2.33. The van der Waals surface area contributed by atoms with Crippen LogP contribution in [0.3, 0.4) is 0 Å². The average molecular weight is 248 g/mol. The first-order chi connectivity index (χ1) is 8.10. The summed E-state index contributed by atoms with van der Waals surface area (Å²) < 4.78 is 0. The van der Waals surface area contributed by atoms with Crippen molar-refractivity contribution >= 4 is 0 Å². The van der Waals surface area contributed by atoms with E-state index >= 15 is 0 Å². The predicted octanol–water partition coefficient (Wildman–Crippen LogP) is 4.32. The van der Waals surface area contributed by atoms with Crippen molar-refractivity contribution in [3.05, 3.63) is 35.4 Å². The topological polar surface area (TPSA) is 20.2 Å². The molecule has 0 saturated carbocycles. The van der Waals surface area contributed by atoms with E-state index in [0.29, 0.717) is 5.41 Å². The summed E-state index contributed by atoms with van der Waals surface area (Å²) in [6.07, 6.45) is 1.63. The van der Waals surface area contributed by atoms with E-state index in [4.69, 9.17) is 0 Å². The zero-order valence-corrected chi connectivity index (χ0v) is 12.7. The van der Waals surface area contributed by atoms with Crippen molar-refractivity contribution in [3.63, 3.8) is 0 Å². The zero-order valence-electron chi connectivity index (χ0n) is 12.7. The molecule has 0 saturated heterocycles. The van der Waals surface area contributed by atoms with Crippen LogP contribution in [-0.4, -0.2) is 11.2 Å². The SMILES string of the molecule is CC(O)Cc1ccc(C(C)(C)CC(C)(C)C)cc1. The third-order valence-electron chi connectivity index (χ3n) is 3.24. The third kappa shape index (κ3) is 4.81. The molecule has 1 aromatic carbocycles. The van der Waals surface area contributed by atoms with Gasteiger partial charge in [-0.2, -0.15) is 0 Å². The summed E-state index contributed by atoms with van der Waals surface area (Å²) in [5, 5.41) is 9.39. The van der Waals surface area contributed by atoms with Gasteiger partial charge in [0.25, 0.3) is 0 Å². The fourth-order valence-electron chi connectivity index (χ4n) is 2.86. The van der Waals surface area contributed by atoms with Gasteiger partial charge in [-0.15, -0.1) is 0 Å². The summed E-state index contributed by atoms with van der Waals surface area (Å²) in [4.78, 5) is 0. The molecule has 0 fully saturated rings. The van der Waals surface area contributed by atoms with E-state index in [1.807, 2.05) is 6.92 Å². The first-order valence-corrected chi connectivity index (χ1v) is 6.88. The summed E-state index contributed by atoms with van der Waals surface area (Å²) >= 11 is 0. The molecule has 0 aromatic heterocycles. The van der Waals surface area contributed by atoms with Gasteiger partial charge in [-0.05, 0) is 41.7 Å². The normalized spacial score (nSPS) is 14.6. The molecule has 0 spiro atoms. The van der Waals surface area contributed by atoms with Gasteiger partial charge in [-0.25, -0.2) is 0 Å². The number of hydrogen-bond donors (Lipinski definition) is 1. The van der Waals surface area contributed by atoms with Gasteiger partial charge in [-0.1, -0.05) is 58.9 Å². The van der Waals surface area contributed by atoms with Crippen molar-refractivity contribution < 1.29 is 5.11 Å². The van der Waals surface area contributed by atoms with Crippen molar-refractivity contribution in [3.8, 4) is 0 Å². The van der Waals surface area contributed by atoms with Gasteiger partial charge >= 0.3 is 0 Å². The quantitative estimate of drug-likeness (QED) is 0.841. The maximum absolute atomic E-state index is 9.39. The molecular weight excluding hydrogens is 220 g/mol. The van der Waals surface area contributed by atoms with Gasteiger partial charge in [0.15, 0.2) is 0 Å². The van der Waals surface area contributed by atoms with E-state index < -0.39 is 0 Å². The maximum Gasteiger partial charge on any atom is 0.0552 e. The lowest BCUT2D eigenvalue weighted by atomic mass is 9.72. The molecule has 0 aliphatic rings. The molecule has 1 nitrogen and oxygen atoms in total. The molecule has 1 aromatic rings. The molecule has 0 radical (unpaired) electrons. The summed E-state index contributed by atoms with van der Waals surface area (Å²) in [6.45, 7) is 13.3. The fourth-order valence-corrected chi connectivity index (χ4v) is 2.86. The van der Waals surface area contributed by atoms with Crippen molar-refractivity contribution in [2.24, 2.45) is 5.41 Å². The molecule has 18 heavy (non-hydrogen) atoms. The Labute approximate surface area is 112 Å². The minimum Gasteiger partial charge on any atom is -0.393 e. The largest absolute Gasteiger partial charge is 0.393 e. The zero-order chi connectivity index (χ0) is 14.0. The summed E-state index contributed by atoms with van der Waals surface area (Å²) in [6, 6.07) is 8.71. The summed E-state index contributed by atoms with van der Waals surface area (Å²) in [5.74, 6) is 0. The first kappa shape index (κ1) is 15.2. The Balaban J connectivity index is 2.84. The number of aliphatic hydroxyl groups excluding tert-OH is 1. The minimum absolute atomic E-state index is 0.196. The highest BCUT2D eigenvalue weighted by molar-refractivity contribution is 5.28. The summed E-state index contributed by atoms with van der Waals surface area (Å²) in [7, 11) is 0. The Morgan fingerprint density at radius 2 is 1.50 bits per heavy atom. The van der Waals surface area contributed by atoms with Gasteiger partial charge in [-0.3, -0.25) is 0 Å². The minimum atomic E-state index is -0.265. The van der Waals surface area contributed by atoms with Crippen LogP contribution in [-0.2, 0) is 11.8 Å². The van der Waals surface area contributed by atoms with E-state index in [1.54, 1.807) is 0 Å². The van der Waals surface area contributed by atoms with Gasteiger partial charge in [0.05, 0.1) is 6.10 Å². The van der Waals surface area contributed by atoms with E-state index in [1.165, 1.54) is 11.1 Å². The fraction of sp³-hybridized carbons (Fsp3) is 0.647. The number of aliphatic hydroxyl groups is 1. The van der Waals surface area contributed by atoms with Crippen LogP contribution >= 0.6 is 0 Å². The molecule has 102 valence electrons. The molecule has 0 aliphatic carbocycles. The van der Waals surface area contributed by atoms with E-state index in [9.17, 15) is 5.11 Å². The molecule has 0 amide bonds. The Morgan fingerprint density at radius 1 is 1.00 bits per heavy atom. The second kappa shape index (κ2) is 5.44. The standard InChI is InChI=1S/C17H28O/c1-13(18)11-14-7-9-15(10-8-14)17(5,6)12-16(2,3)4/h7-10,13,18H,11-12H2,1-6H3. The second-order valence-corrected chi connectivity index (χ2v) is 7.37. The van der Waals surface area contributed by atoms with Crippen LogP contribution in [0.25, 0.3) is 0 Å². The molecular formula is C17H28O. The number of hydrogen-bond acceptors (Lipinski definition) is 1. The van der Waals surface area contributed by atoms with Gasteiger partial charge in [0.2, 0.25) is 0 Å². The van der Waals surface area contributed by atoms with Gasteiger partial charge in [0, 0.05) is 0 Å². The maximum atomic E-state index is 9.39. The predicted molar refractivity (Wildman–Crippen MR) is 78.9 cm³/mol. The van der Waals surface area contributed by atoms with Crippen molar-refractivity contribution in [2.75, 3.05) is 0 Å². The highest BCUT2D eigenvalue weighted by atomic mass is 16.3. The first-order valence-electron chi connectivity index (χ1n) is 6.88. The monoisotopic (exact) mass is 248 g/mol. The molecule has 1 heteroatoms. The molecule has 0 aliphatic heterocycles. The molecule has 0 bridgehead atoms. The van der Waals surface area contributed by atoms with Crippen molar-refractivity contribution in [1.29, 1.82) is 0 Å². The van der Waals surface area contributed by atoms with E-state index in [2.05, 4.69) is 58.9 Å². The lowest BCUT2D eigenvalue weighted by molar-refractivity contribution is 0.195. The Hall–Kier alpha value is -0.820. The highest BCUT2D eigenvalue weighted by Gasteiger charge is 2.26. The Bertz CT molecular complexity index is 366. The van der Waals surface area contributed by atoms with Crippen molar-refractivity contribution in [1.82, 2.24) is 0 Å².